The molecule has 0 radical (unpaired) electrons. The van der Waals surface area contributed by atoms with Crippen molar-refractivity contribution in [1.29, 1.82) is 0 Å². The maximum Gasteiger partial charge on any atom is 0.302 e. The molecule has 0 aliphatic carbocycles. The summed E-state index contributed by atoms with van der Waals surface area (Å²) in [5, 5.41) is 0. The van der Waals surface area contributed by atoms with E-state index >= 15 is 0 Å². The SMILES string of the molecule is Nc1nc(=S)nc(N2CC(CS(=O)(=O)F)CC2=O)[nH]1. The van der Waals surface area contributed by atoms with Gasteiger partial charge in [-0.3, -0.25) is 14.7 Å². The number of hydrogen-bond acceptors (Lipinski definition) is 7. The largest absolute Gasteiger partial charge is 0.369 e. The molecule has 1 amide bonds. The Kier molecular flexibility index (Phi) is 3.49. The number of carbonyl (C=O) groups excluding carboxylic acids is 1. The Labute approximate surface area is 113 Å². The minimum atomic E-state index is -4.62. The Morgan fingerprint density at radius 2 is 2.21 bits per heavy atom. The summed E-state index contributed by atoms with van der Waals surface area (Å²) in [6.07, 6.45) is -0.0757. The summed E-state index contributed by atoms with van der Waals surface area (Å²) >= 11 is 4.76. The molecule has 2 heterocycles. The molecule has 1 aliphatic heterocycles. The maximum absolute atomic E-state index is 12.6. The second kappa shape index (κ2) is 4.81. The summed E-state index contributed by atoms with van der Waals surface area (Å²) in [4.78, 5) is 23.0. The van der Waals surface area contributed by atoms with Crippen molar-refractivity contribution in [3.63, 3.8) is 0 Å². The Bertz CT molecular complexity index is 673. The van der Waals surface area contributed by atoms with Crippen LogP contribution in [0.2, 0.25) is 0 Å². The first-order valence-electron chi connectivity index (χ1n) is 5.21. The first-order chi connectivity index (χ1) is 8.74. The molecule has 2 rings (SSSR count). The number of aromatic amines is 1. The first-order valence-corrected chi connectivity index (χ1v) is 7.17. The van der Waals surface area contributed by atoms with E-state index in [1.807, 2.05) is 0 Å². The predicted octanol–water partition coefficient (Wildman–Crippen LogP) is -0.231. The van der Waals surface area contributed by atoms with Crippen molar-refractivity contribution in [3.05, 3.63) is 4.77 Å². The van der Waals surface area contributed by atoms with Gasteiger partial charge in [0.15, 0.2) is 0 Å². The van der Waals surface area contributed by atoms with E-state index in [0.717, 1.165) is 0 Å². The summed E-state index contributed by atoms with van der Waals surface area (Å²) in [6.45, 7) is 0.0315. The lowest BCUT2D eigenvalue weighted by molar-refractivity contribution is -0.117. The minimum absolute atomic E-state index is 0.00985. The summed E-state index contributed by atoms with van der Waals surface area (Å²) in [5.74, 6) is -1.63. The number of nitrogens with two attached hydrogens (primary N) is 1. The van der Waals surface area contributed by atoms with E-state index in [-0.39, 0.29) is 35.5 Å². The van der Waals surface area contributed by atoms with Crippen LogP contribution in [0.3, 0.4) is 0 Å². The third-order valence-corrected chi connectivity index (χ3v) is 3.61. The lowest BCUT2D eigenvalue weighted by Gasteiger charge is -2.14. The molecule has 0 spiro atoms. The van der Waals surface area contributed by atoms with Gasteiger partial charge in [-0.15, -0.1) is 3.89 Å². The fourth-order valence-electron chi connectivity index (χ4n) is 1.90. The van der Waals surface area contributed by atoms with Crippen LogP contribution in [-0.2, 0) is 15.0 Å². The number of nitrogen functional groups attached to an aromatic ring is 1. The number of nitrogens with one attached hydrogen (secondary N) is 1. The lowest BCUT2D eigenvalue weighted by Crippen LogP contribution is -2.28. The van der Waals surface area contributed by atoms with Gasteiger partial charge in [0.05, 0.1) is 5.75 Å². The van der Waals surface area contributed by atoms with Gasteiger partial charge in [0.2, 0.25) is 22.6 Å². The molecule has 1 aliphatic rings. The van der Waals surface area contributed by atoms with Crippen molar-refractivity contribution < 1.29 is 17.1 Å². The van der Waals surface area contributed by atoms with Crippen LogP contribution in [0, 0.1) is 10.7 Å². The summed E-state index contributed by atoms with van der Waals surface area (Å²) < 4.78 is 33.7. The van der Waals surface area contributed by atoms with Crippen LogP contribution in [0.5, 0.6) is 0 Å². The summed E-state index contributed by atoms with van der Waals surface area (Å²) in [7, 11) is -4.62. The topological polar surface area (TPSA) is 122 Å². The molecule has 3 N–H and O–H groups in total. The van der Waals surface area contributed by atoms with E-state index < -0.39 is 21.9 Å². The van der Waals surface area contributed by atoms with Gasteiger partial charge >= 0.3 is 10.2 Å². The predicted molar refractivity (Wildman–Crippen MR) is 67.0 cm³/mol. The zero-order chi connectivity index (χ0) is 14.2. The Morgan fingerprint density at radius 3 is 2.79 bits per heavy atom. The highest BCUT2D eigenvalue weighted by Crippen LogP contribution is 2.23. The number of hydrogen-bond donors (Lipinski definition) is 2. The van der Waals surface area contributed by atoms with E-state index in [4.69, 9.17) is 18.0 Å². The Hall–Kier alpha value is -1.62. The number of anilines is 2. The molecule has 1 unspecified atom stereocenters. The van der Waals surface area contributed by atoms with Gasteiger partial charge in [-0.1, -0.05) is 0 Å². The molecular formula is C8H10FN5O3S2. The average molecular weight is 307 g/mol. The van der Waals surface area contributed by atoms with Crippen molar-refractivity contribution in [2.24, 2.45) is 5.92 Å². The lowest BCUT2D eigenvalue weighted by atomic mass is 10.1. The highest BCUT2D eigenvalue weighted by molar-refractivity contribution is 7.86. The highest BCUT2D eigenvalue weighted by atomic mass is 32.3. The van der Waals surface area contributed by atoms with Crippen molar-refractivity contribution in [3.8, 4) is 0 Å². The molecule has 1 fully saturated rings. The van der Waals surface area contributed by atoms with Gasteiger partial charge in [-0.05, 0) is 12.2 Å². The molecule has 0 saturated carbocycles. The van der Waals surface area contributed by atoms with Crippen LogP contribution < -0.4 is 10.6 Å². The molecule has 1 atom stereocenters. The normalized spacial score (nSPS) is 19.9. The standard InChI is InChI=1S/C8H10FN5O3S2/c9-19(16,17)3-4-1-5(15)14(2-4)7-11-6(10)12-8(18)13-7/h4H,1-3H2,(H3,10,11,12,13,18). The Morgan fingerprint density at radius 1 is 1.53 bits per heavy atom. The van der Waals surface area contributed by atoms with Crippen molar-refractivity contribution in [2.45, 2.75) is 6.42 Å². The maximum atomic E-state index is 12.6. The van der Waals surface area contributed by atoms with Crippen LogP contribution in [0.1, 0.15) is 6.42 Å². The third-order valence-electron chi connectivity index (χ3n) is 2.55. The van der Waals surface area contributed by atoms with E-state index in [1.54, 1.807) is 0 Å². The number of halogens is 1. The smallest absolute Gasteiger partial charge is 0.302 e. The van der Waals surface area contributed by atoms with Gasteiger partial charge in [0.25, 0.3) is 0 Å². The fourth-order valence-corrected chi connectivity index (χ4v) is 2.87. The van der Waals surface area contributed by atoms with E-state index in [2.05, 4.69) is 15.0 Å². The molecule has 1 aromatic heterocycles. The van der Waals surface area contributed by atoms with Crippen LogP contribution in [-0.4, -0.2) is 41.6 Å². The second-order valence-corrected chi connectivity index (χ2v) is 5.90. The number of H-pyrrole nitrogens is 1. The van der Waals surface area contributed by atoms with Gasteiger partial charge in [-0.2, -0.15) is 18.4 Å². The van der Waals surface area contributed by atoms with Crippen molar-refractivity contribution in [1.82, 2.24) is 15.0 Å². The molecule has 19 heavy (non-hydrogen) atoms. The fraction of sp³-hybridized carbons (Fsp3) is 0.500. The first kappa shape index (κ1) is 13.8. The highest BCUT2D eigenvalue weighted by Gasteiger charge is 2.34. The average Bonchev–Trinajstić information content (AvgIpc) is 2.54. The molecule has 8 nitrogen and oxygen atoms in total. The van der Waals surface area contributed by atoms with Crippen LogP contribution in [0.4, 0.5) is 15.8 Å². The molecule has 0 bridgehead atoms. The van der Waals surface area contributed by atoms with Gasteiger partial charge in [0, 0.05) is 18.9 Å². The molecule has 1 saturated heterocycles. The molecule has 11 heteroatoms. The van der Waals surface area contributed by atoms with Crippen LogP contribution >= 0.6 is 12.2 Å². The molecule has 0 aromatic carbocycles. The number of amides is 1. The van der Waals surface area contributed by atoms with Crippen molar-refractivity contribution >= 4 is 40.2 Å². The molecule has 104 valence electrons. The van der Waals surface area contributed by atoms with Gasteiger partial charge in [-0.25, -0.2) is 0 Å². The molecular weight excluding hydrogens is 297 g/mol. The zero-order valence-corrected chi connectivity index (χ0v) is 11.2. The number of rotatable bonds is 3. The van der Waals surface area contributed by atoms with E-state index in [1.165, 1.54) is 4.90 Å². The van der Waals surface area contributed by atoms with E-state index in [0.29, 0.717) is 0 Å². The van der Waals surface area contributed by atoms with Gasteiger partial charge < -0.3 is 5.73 Å². The number of carbonyl (C=O) groups is 1. The second-order valence-electron chi connectivity index (χ2n) is 4.12. The molecule has 1 aromatic rings. The zero-order valence-electron chi connectivity index (χ0n) is 9.54. The minimum Gasteiger partial charge on any atom is -0.369 e. The number of aromatic nitrogens is 3. The monoisotopic (exact) mass is 307 g/mol. The summed E-state index contributed by atoms with van der Waals surface area (Å²) in [5.41, 5.74) is 5.44. The Balaban J connectivity index is 2.22. The van der Waals surface area contributed by atoms with Gasteiger partial charge in [0.1, 0.15) is 0 Å². The quantitative estimate of drug-likeness (QED) is 0.584. The van der Waals surface area contributed by atoms with Crippen molar-refractivity contribution in [2.75, 3.05) is 22.9 Å². The van der Waals surface area contributed by atoms with Crippen LogP contribution in [0.25, 0.3) is 0 Å². The van der Waals surface area contributed by atoms with E-state index in [9.17, 15) is 17.1 Å². The third kappa shape index (κ3) is 3.44. The summed E-state index contributed by atoms with van der Waals surface area (Å²) in [6, 6.07) is 0. The number of nitrogens with zero attached hydrogens (tertiary/aromatic N) is 3. The van der Waals surface area contributed by atoms with Crippen LogP contribution in [0.15, 0.2) is 0 Å².